The van der Waals surface area contributed by atoms with Crippen LogP contribution in [0, 0.1) is 12.8 Å². The second-order valence-electron chi connectivity index (χ2n) is 4.82. The van der Waals surface area contributed by atoms with Gasteiger partial charge in [0.05, 0.1) is 6.04 Å². The average Bonchev–Trinajstić information content (AvgIpc) is 2.75. The highest BCUT2D eigenvalue weighted by Crippen LogP contribution is 2.28. The molecular weight excluding hydrogens is 228 g/mol. The Bertz CT molecular complexity index is 322. The van der Waals surface area contributed by atoms with E-state index in [4.69, 9.17) is 5.73 Å². The first-order valence-electron chi connectivity index (χ1n) is 6.62. The first-order valence-corrected chi connectivity index (χ1v) is 7.50. The van der Waals surface area contributed by atoms with Crippen LogP contribution in [0.15, 0.2) is 11.4 Å². The van der Waals surface area contributed by atoms with Crippen molar-refractivity contribution in [2.24, 2.45) is 11.7 Å². The van der Waals surface area contributed by atoms with Crippen molar-refractivity contribution in [2.75, 3.05) is 19.6 Å². The minimum Gasteiger partial charge on any atom is -0.329 e. The smallest absolute Gasteiger partial charge is 0.0566 e. The number of hydrogen-bond donors (Lipinski definition) is 1. The number of rotatable bonds is 7. The molecule has 0 bridgehead atoms. The van der Waals surface area contributed by atoms with Crippen LogP contribution in [-0.2, 0) is 0 Å². The molecule has 0 aliphatic rings. The van der Waals surface area contributed by atoms with Crippen molar-refractivity contribution in [3.8, 4) is 0 Å². The van der Waals surface area contributed by atoms with Gasteiger partial charge in [0.15, 0.2) is 0 Å². The van der Waals surface area contributed by atoms with Gasteiger partial charge in [-0.25, -0.2) is 0 Å². The molecule has 0 aliphatic carbocycles. The lowest BCUT2D eigenvalue weighted by Crippen LogP contribution is -2.36. The lowest BCUT2D eigenvalue weighted by Gasteiger charge is -2.31. The third kappa shape index (κ3) is 3.80. The van der Waals surface area contributed by atoms with Gasteiger partial charge in [-0.3, -0.25) is 4.90 Å². The van der Waals surface area contributed by atoms with E-state index in [0.29, 0.717) is 12.6 Å². The number of nitrogens with zero attached hydrogens (tertiary/aromatic N) is 1. The highest BCUT2D eigenvalue weighted by Gasteiger charge is 2.21. The van der Waals surface area contributed by atoms with Crippen LogP contribution in [-0.4, -0.2) is 24.5 Å². The number of aryl methyl sites for hydroxylation is 1. The summed E-state index contributed by atoms with van der Waals surface area (Å²) in [7, 11) is 0. The van der Waals surface area contributed by atoms with E-state index in [1.54, 1.807) is 0 Å². The molecule has 2 N–H and O–H groups in total. The zero-order valence-corrected chi connectivity index (χ0v) is 12.4. The van der Waals surface area contributed by atoms with E-state index in [1.807, 2.05) is 11.3 Å². The van der Waals surface area contributed by atoms with Crippen LogP contribution in [0.3, 0.4) is 0 Å². The van der Waals surface area contributed by atoms with Gasteiger partial charge in [0.25, 0.3) is 0 Å². The van der Waals surface area contributed by atoms with Gasteiger partial charge >= 0.3 is 0 Å². The average molecular weight is 254 g/mol. The highest BCUT2D eigenvalue weighted by molar-refractivity contribution is 7.10. The first-order chi connectivity index (χ1) is 8.13. The summed E-state index contributed by atoms with van der Waals surface area (Å²) < 4.78 is 0. The predicted octanol–water partition coefficient (Wildman–Crippen LogP) is 3.42. The van der Waals surface area contributed by atoms with Gasteiger partial charge in [0.2, 0.25) is 0 Å². The minimum absolute atomic E-state index is 0.397. The fraction of sp³-hybridized carbons (Fsp3) is 0.714. The van der Waals surface area contributed by atoms with Gasteiger partial charge in [-0.05, 0) is 36.4 Å². The fourth-order valence-corrected chi connectivity index (χ4v) is 3.23. The van der Waals surface area contributed by atoms with Crippen LogP contribution in [0.1, 0.15) is 43.7 Å². The molecule has 17 heavy (non-hydrogen) atoms. The summed E-state index contributed by atoms with van der Waals surface area (Å²) >= 11 is 1.84. The second-order valence-corrected chi connectivity index (χ2v) is 5.77. The maximum atomic E-state index is 5.99. The highest BCUT2D eigenvalue weighted by atomic mass is 32.1. The number of thiophene rings is 1. The molecule has 0 radical (unpaired) electrons. The van der Waals surface area contributed by atoms with Gasteiger partial charge in [-0.2, -0.15) is 0 Å². The number of likely N-dealkylation sites (N-methyl/N-ethyl adjacent to an activating group) is 1. The molecule has 2 atom stereocenters. The van der Waals surface area contributed by atoms with Crippen molar-refractivity contribution in [2.45, 2.75) is 40.2 Å². The normalized spacial score (nSPS) is 15.2. The van der Waals surface area contributed by atoms with E-state index < -0.39 is 0 Å². The fourth-order valence-electron chi connectivity index (χ4n) is 2.15. The zero-order chi connectivity index (χ0) is 12.8. The third-order valence-corrected chi connectivity index (χ3v) is 4.64. The minimum atomic E-state index is 0.397. The van der Waals surface area contributed by atoms with Crippen molar-refractivity contribution in [3.63, 3.8) is 0 Å². The molecule has 2 nitrogen and oxygen atoms in total. The van der Waals surface area contributed by atoms with Gasteiger partial charge in [-0.15, -0.1) is 11.3 Å². The molecule has 2 unspecified atom stereocenters. The molecule has 0 aromatic carbocycles. The van der Waals surface area contributed by atoms with Crippen LogP contribution < -0.4 is 5.73 Å². The summed E-state index contributed by atoms with van der Waals surface area (Å²) in [6, 6.07) is 2.59. The van der Waals surface area contributed by atoms with Crippen molar-refractivity contribution >= 4 is 11.3 Å². The summed E-state index contributed by atoms with van der Waals surface area (Å²) in [4.78, 5) is 3.96. The Labute approximate surface area is 110 Å². The largest absolute Gasteiger partial charge is 0.329 e. The summed E-state index contributed by atoms with van der Waals surface area (Å²) in [5, 5.41) is 2.17. The van der Waals surface area contributed by atoms with Gasteiger partial charge < -0.3 is 5.73 Å². The van der Waals surface area contributed by atoms with E-state index >= 15 is 0 Å². The predicted molar refractivity (Wildman–Crippen MR) is 77.6 cm³/mol. The molecule has 1 aromatic rings. The van der Waals surface area contributed by atoms with Crippen LogP contribution in [0.2, 0.25) is 0 Å². The van der Waals surface area contributed by atoms with Crippen LogP contribution in [0.5, 0.6) is 0 Å². The quantitative estimate of drug-likeness (QED) is 0.808. The molecule has 1 aromatic heterocycles. The number of hydrogen-bond acceptors (Lipinski definition) is 3. The standard InChI is InChI=1S/C14H26N2S/c1-5-11(3)10-16(6-2)13(9-15)14-12(4)7-8-17-14/h7-8,11,13H,5-6,9-10,15H2,1-4H3. The van der Waals surface area contributed by atoms with Crippen molar-refractivity contribution in [1.82, 2.24) is 4.90 Å². The molecule has 0 amide bonds. The summed E-state index contributed by atoms with van der Waals surface area (Å²) in [5.74, 6) is 0.740. The van der Waals surface area contributed by atoms with Crippen molar-refractivity contribution in [3.05, 3.63) is 21.9 Å². The lowest BCUT2D eigenvalue weighted by molar-refractivity contribution is 0.184. The van der Waals surface area contributed by atoms with Gasteiger partial charge in [0.1, 0.15) is 0 Å². The van der Waals surface area contributed by atoms with Crippen LogP contribution in [0.4, 0.5) is 0 Å². The zero-order valence-electron chi connectivity index (χ0n) is 11.6. The van der Waals surface area contributed by atoms with Gasteiger partial charge in [0, 0.05) is 18.0 Å². The number of nitrogens with two attached hydrogens (primary N) is 1. The molecule has 0 saturated heterocycles. The van der Waals surface area contributed by atoms with E-state index in [1.165, 1.54) is 16.9 Å². The Morgan fingerprint density at radius 2 is 2.12 bits per heavy atom. The van der Waals surface area contributed by atoms with E-state index in [0.717, 1.165) is 19.0 Å². The summed E-state index contributed by atoms with van der Waals surface area (Å²) in [6.07, 6.45) is 1.23. The Kier molecular flexibility index (Phi) is 6.17. The van der Waals surface area contributed by atoms with E-state index in [9.17, 15) is 0 Å². The second kappa shape index (κ2) is 7.14. The molecular formula is C14H26N2S. The van der Waals surface area contributed by atoms with Crippen LogP contribution in [0.25, 0.3) is 0 Å². The molecule has 98 valence electrons. The molecule has 0 aliphatic heterocycles. The monoisotopic (exact) mass is 254 g/mol. The SMILES string of the molecule is CCC(C)CN(CC)C(CN)c1sccc1C. The molecule has 0 spiro atoms. The Hall–Kier alpha value is -0.380. The van der Waals surface area contributed by atoms with Crippen molar-refractivity contribution in [1.29, 1.82) is 0 Å². The maximum absolute atomic E-state index is 5.99. The first kappa shape index (κ1) is 14.7. The Morgan fingerprint density at radius 3 is 2.53 bits per heavy atom. The van der Waals surface area contributed by atoms with Gasteiger partial charge in [-0.1, -0.05) is 27.2 Å². The Morgan fingerprint density at radius 1 is 1.41 bits per heavy atom. The summed E-state index contributed by atoms with van der Waals surface area (Å²) in [6.45, 7) is 11.9. The molecule has 1 heterocycles. The van der Waals surface area contributed by atoms with Crippen molar-refractivity contribution < 1.29 is 0 Å². The maximum Gasteiger partial charge on any atom is 0.0566 e. The Balaban J connectivity index is 2.80. The van der Waals surface area contributed by atoms with Crippen LogP contribution >= 0.6 is 11.3 Å². The molecule has 3 heteroatoms. The topological polar surface area (TPSA) is 29.3 Å². The third-order valence-electron chi connectivity index (χ3n) is 3.52. The molecule has 0 saturated carbocycles. The molecule has 1 rings (SSSR count). The molecule has 0 fully saturated rings. The summed E-state index contributed by atoms with van der Waals surface area (Å²) in [5.41, 5.74) is 7.37. The van der Waals surface area contributed by atoms with E-state index in [2.05, 4.69) is 44.0 Å². The van der Waals surface area contributed by atoms with E-state index in [-0.39, 0.29) is 0 Å². The lowest BCUT2D eigenvalue weighted by atomic mass is 10.1.